The molecule has 118 heavy (non-hydrogen) atoms. The van der Waals surface area contributed by atoms with Gasteiger partial charge in [-0.15, -0.1) is 95.1 Å². The fourth-order valence-corrected chi connectivity index (χ4v) is 14.6. The Morgan fingerprint density at radius 3 is 1.26 bits per heavy atom. The first-order valence-electron chi connectivity index (χ1n) is 53.5. The van der Waals surface area contributed by atoms with Crippen LogP contribution in [0.15, 0.2) is 240 Å². The molecule has 0 spiro atoms. The Hall–Kier alpha value is -10.6. The average Bonchev–Trinajstić information content (AvgIpc) is 1.65. The minimum atomic E-state index is -2.67. The average molecular weight is 1940 g/mol. The molecule has 0 amide bonds. The molecule has 16 aromatic rings. The van der Waals surface area contributed by atoms with Crippen LogP contribution in [0, 0.1) is 91.3 Å². The van der Waals surface area contributed by atoms with Gasteiger partial charge in [0.25, 0.3) is 0 Å². The number of alkyl halides is 2. The van der Waals surface area contributed by atoms with Gasteiger partial charge in [0.15, 0.2) is 0 Å². The second kappa shape index (κ2) is 36.3. The third-order valence-electron chi connectivity index (χ3n) is 20.8. The van der Waals surface area contributed by atoms with Crippen molar-refractivity contribution < 1.29 is 100 Å². The van der Waals surface area contributed by atoms with Gasteiger partial charge in [0.05, 0.1) is 11.2 Å². The number of halogens is 2. The molecule has 2 fully saturated rings. The van der Waals surface area contributed by atoms with Crippen molar-refractivity contribution in [3.05, 3.63) is 322 Å². The molecular formula is C106H100F2Ir2N6O2-4. The van der Waals surface area contributed by atoms with Gasteiger partial charge in [-0.2, -0.15) is 0 Å². The molecule has 2 radical (unpaired) electrons. The van der Waals surface area contributed by atoms with E-state index in [1.165, 1.54) is 99.2 Å². The van der Waals surface area contributed by atoms with Crippen molar-refractivity contribution in [3.63, 3.8) is 0 Å². The summed E-state index contributed by atoms with van der Waals surface area (Å²) in [7, 11) is 0. The van der Waals surface area contributed by atoms with Crippen LogP contribution in [0.25, 0.3) is 134 Å². The third kappa shape index (κ3) is 19.6. The zero-order chi connectivity index (χ0) is 107. The maximum absolute atomic E-state index is 14.6. The van der Waals surface area contributed by atoms with Crippen LogP contribution in [0.1, 0.15) is 207 Å². The van der Waals surface area contributed by atoms with Crippen LogP contribution >= 0.6 is 0 Å². The van der Waals surface area contributed by atoms with E-state index in [1.807, 2.05) is 81.4 Å². The summed E-state index contributed by atoms with van der Waals surface area (Å²) in [6.45, 7) is -13.7. The van der Waals surface area contributed by atoms with E-state index in [-0.39, 0.29) is 187 Å². The summed E-state index contributed by atoms with van der Waals surface area (Å²) in [5.74, 6) is -2.36. The van der Waals surface area contributed by atoms with Crippen molar-refractivity contribution in [3.8, 4) is 89.5 Å². The van der Waals surface area contributed by atoms with Crippen LogP contribution in [0.4, 0.5) is 8.78 Å². The molecule has 8 aromatic carbocycles. The summed E-state index contributed by atoms with van der Waals surface area (Å²) in [6, 6.07) is 68.8. The first kappa shape index (κ1) is 53.8. The maximum atomic E-state index is 14.6. The number of rotatable bonds is 11. The van der Waals surface area contributed by atoms with Gasteiger partial charge in [0.2, 0.25) is 11.4 Å². The first-order valence-corrected chi connectivity index (χ1v) is 38.0. The fraction of sp³-hybridized carbons (Fsp3) is 0.264. The summed E-state index contributed by atoms with van der Waals surface area (Å²) in [4.78, 5) is 25.9. The number of furan rings is 2. The first-order chi connectivity index (χ1) is 68.1. The second-order valence-corrected chi connectivity index (χ2v) is 30.6. The SMILES string of the molecule is [2H]C([2H])([2H])c1c[c-]c(-c2ccc(C([2H])([2H])C(C)(C)C)cn2)cc1-c1ccccc1.[2H]C([2H])([2H])c1ccc(-c2[c-]cc(C([2H])([2H])[2H])c(-c3ccccc3)c2)nc1.[2H]C([2H])([2H])c1ccc2c(n1)oc1c(-c3cc(-c4ccc(C5([2H])CCC(C)(F)CC5)cc4C([2H])([2H])[2H])c(C([2H])([2H])[2H])cn3)[c-]ccc12.[2H]C([2H])([2H])c1ccc2c(n1)oc1c(-c3cc(-c4ccc(C5([2H])CCC(C)(F)CC5)cc4C([2H])([2H])[2H])c(C([2H])([2H])[2H])cn3)[c-]ccc12.[Ir].[Ir]. The van der Waals surface area contributed by atoms with Crippen LogP contribution in [0.3, 0.4) is 0 Å². The van der Waals surface area contributed by atoms with Gasteiger partial charge in [-0.05, 0) is 262 Å². The van der Waals surface area contributed by atoms with Crippen molar-refractivity contribution in [2.45, 2.75) is 177 Å². The van der Waals surface area contributed by atoms with E-state index in [1.54, 1.807) is 85.1 Å². The summed E-state index contributed by atoms with van der Waals surface area (Å²) >= 11 is 0. The largest absolute Gasteiger partial charge is 0.486 e. The molecule has 8 nitrogen and oxygen atoms in total. The van der Waals surface area contributed by atoms with Crippen molar-refractivity contribution in [2.75, 3.05) is 0 Å². The molecule has 0 atom stereocenters. The van der Waals surface area contributed by atoms with Gasteiger partial charge in [-0.25, -0.2) is 18.7 Å². The van der Waals surface area contributed by atoms with Crippen molar-refractivity contribution >= 4 is 44.1 Å². The normalized spacial score (nSPS) is 22.7. The Balaban J connectivity index is 0.000000170. The van der Waals surface area contributed by atoms with Crippen LogP contribution in [-0.4, -0.2) is 41.2 Å². The van der Waals surface area contributed by atoms with Gasteiger partial charge in [-0.3, -0.25) is 0 Å². The number of aryl methyl sites for hydroxylation is 9. The summed E-state index contributed by atoms with van der Waals surface area (Å²) < 4.78 is 291. The molecule has 0 N–H and O–H groups in total. The number of aromatic nitrogens is 6. The zero-order valence-corrected chi connectivity index (χ0v) is 69.8. The minimum Gasteiger partial charge on any atom is -0.486 e. The molecule has 12 heteroatoms. The molecule has 0 aliphatic heterocycles. The molecule has 18 rings (SSSR count). The summed E-state index contributed by atoms with van der Waals surface area (Å²) in [5.41, 5.74) is 5.57. The number of fused-ring (bicyclic) bond motifs is 6. The van der Waals surface area contributed by atoms with E-state index in [2.05, 4.69) is 54.2 Å². The molecule has 0 saturated heterocycles. The van der Waals surface area contributed by atoms with E-state index in [4.69, 9.17) is 51.3 Å². The van der Waals surface area contributed by atoms with Crippen LogP contribution in [-0.2, 0) is 46.6 Å². The molecule has 8 aromatic heterocycles. The van der Waals surface area contributed by atoms with E-state index >= 15 is 0 Å². The molecule has 2 aliphatic carbocycles. The Morgan fingerprint density at radius 1 is 0.424 bits per heavy atom. The summed E-state index contributed by atoms with van der Waals surface area (Å²) in [6.07, 6.45) is 5.30. The number of nitrogens with zero attached hydrogens (tertiary/aromatic N) is 6. The molecule has 0 bridgehead atoms. The number of benzene rings is 8. The predicted molar refractivity (Wildman–Crippen MR) is 473 cm³/mol. The Bertz CT molecular complexity index is 7270. The third-order valence-corrected chi connectivity index (χ3v) is 20.8. The van der Waals surface area contributed by atoms with Gasteiger partial charge in [0, 0.05) is 130 Å². The van der Waals surface area contributed by atoms with Crippen LogP contribution in [0.2, 0.25) is 0 Å². The molecule has 2 aliphatic rings. The minimum absolute atomic E-state index is 0. The number of hydrogen-bond acceptors (Lipinski definition) is 8. The quantitative estimate of drug-likeness (QED) is 0.118. The monoisotopic (exact) mass is 1940 g/mol. The smallest absolute Gasteiger partial charge is 0.216 e. The fourth-order valence-electron chi connectivity index (χ4n) is 14.6. The molecule has 2 saturated carbocycles. The van der Waals surface area contributed by atoms with E-state index in [9.17, 15) is 8.78 Å². The van der Waals surface area contributed by atoms with Crippen molar-refractivity contribution in [1.82, 2.24) is 29.9 Å². The van der Waals surface area contributed by atoms with E-state index in [0.29, 0.717) is 94.2 Å². The molecule has 8 heterocycles. The zero-order valence-electron chi connectivity index (χ0n) is 96.0. The van der Waals surface area contributed by atoms with Crippen molar-refractivity contribution in [1.29, 1.82) is 0 Å². The standard InChI is InChI=1S/2C32H30FN2O.C23H24N.C19H16N.2Ir/c2*1-19-16-23(22-12-14-32(4,33)15-13-22)9-11-24(19)28-17-29(34-18-20(28)2)27-7-5-6-25-26-10-8-21(3)35-31(26)36-30(25)27;1-17-10-12-20(14-21(17)19-8-6-5-7-9-19)22-13-11-18(16-24-22)15-23(2,3)4;1-14-8-11-19(20-13-14)17-10-9-15(2)18(12-17)16-6-4-3-5-7-16;;/h2*5-6,8-11,16-18,22H,12-15H2,1-4H3;5-11,13-14,16H,15H2,1-4H3;3-9,11-13H,1-2H3;;/q4*-1;;/i2*1D3,2D3,3D3,22D;1D3,15D2;1D3,2D3;;. The number of pyridine rings is 6. The molecular weight excluding hydrogens is 1810 g/mol. The number of hydrogen-bond donors (Lipinski definition) is 0. The van der Waals surface area contributed by atoms with Crippen molar-refractivity contribution in [2.24, 2.45) is 5.41 Å². The Morgan fingerprint density at radius 2 is 0.864 bits per heavy atom. The maximum Gasteiger partial charge on any atom is 0.216 e. The van der Waals surface area contributed by atoms with E-state index < -0.39 is 96.6 Å². The predicted octanol–water partition coefficient (Wildman–Crippen LogP) is 28.6. The topological polar surface area (TPSA) is 104 Å². The van der Waals surface area contributed by atoms with Crippen LogP contribution in [0.5, 0.6) is 0 Å². The van der Waals surface area contributed by atoms with Crippen LogP contribution < -0.4 is 0 Å². The molecule has 602 valence electrons. The Labute approximate surface area is 765 Å². The van der Waals surface area contributed by atoms with Gasteiger partial charge < -0.3 is 28.8 Å². The van der Waals surface area contributed by atoms with E-state index in [0.717, 1.165) is 11.1 Å². The summed E-state index contributed by atoms with van der Waals surface area (Å²) in [5, 5.41) is 2.36. The molecule has 0 unspecified atom stereocenters. The second-order valence-electron chi connectivity index (χ2n) is 30.6. The van der Waals surface area contributed by atoms with Gasteiger partial charge in [0.1, 0.15) is 11.3 Å². The Kier molecular flexibility index (Phi) is 16.6. The van der Waals surface area contributed by atoms with Gasteiger partial charge in [-0.1, -0.05) is 201 Å². The van der Waals surface area contributed by atoms with Gasteiger partial charge >= 0.3 is 0 Å².